The van der Waals surface area contributed by atoms with Crippen molar-refractivity contribution in [2.75, 3.05) is 18.5 Å². The lowest BCUT2D eigenvalue weighted by Crippen LogP contribution is -2.49. The number of benzene rings is 1. The zero-order valence-electron chi connectivity index (χ0n) is 15.8. The molecule has 4 rings (SSSR count). The molecule has 3 heterocycles. The Morgan fingerprint density at radius 3 is 2.69 bits per heavy atom. The average molecular weight is 351 g/mol. The second-order valence-electron chi connectivity index (χ2n) is 7.26. The standard InChI is InChI=1S/C20H25N5O/c1-5-13(2)16-12-25-18-17(19(26)23(4)20(25)22-16)24(14(3)21-18)11-15-9-7-6-8-10-15/h6-10,13,16H,5,11-12H2,1-4H3/t13-,16?/m0/s1. The molecule has 1 aromatic heterocycles. The van der Waals surface area contributed by atoms with Crippen LogP contribution in [0.2, 0.25) is 0 Å². The third kappa shape index (κ3) is 2.52. The number of nitrogens with zero attached hydrogens (tertiary/aromatic N) is 5. The van der Waals surface area contributed by atoms with Crippen LogP contribution in [0.4, 0.5) is 5.82 Å². The van der Waals surface area contributed by atoms with E-state index in [0.29, 0.717) is 18.2 Å². The minimum atomic E-state index is -0.0312. The molecular formula is C20H25N5O. The lowest BCUT2D eigenvalue weighted by molar-refractivity contribution is 0.0855. The van der Waals surface area contributed by atoms with Gasteiger partial charge in [0, 0.05) is 13.6 Å². The van der Waals surface area contributed by atoms with Crippen molar-refractivity contribution in [3.05, 3.63) is 47.4 Å². The smallest absolute Gasteiger partial charge is 0.280 e. The molecule has 2 aromatic rings. The van der Waals surface area contributed by atoms with Gasteiger partial charge in [-0.15, -0.1) is 0 Å². The highest BCUT2D eigenvalue weighted by Gasteiger charge is 2.42. The molecule has 0 spiro atoms. The van der Waals surface area contributed by atoms with Crippen molar-refractivity contribution < 1.29 is 4.79 Å². The average Bonchev–Trinajstić information content (AvgIpc) is 3.23. The maximum atomic E-state index is 13.1. The van der Waals surface area contributed by atoms with Gasteiger partial charge in [-0.2, -0.15) is 0 Å². The first-order valence-electron chi connectivity index (χ1n) is 9.25. The SMILES string of the molecule is CC[C@H](C)C1CN2C(=N1)N(C)C(=O)c1c2nc(C)n1Cc1ccccc1. The lowest BCUT2D eigenvalue weighted by Gasteiger charge is -2.31. The number of aromatic nitrogens is 2. The van der Waals surface area contributed by atoms with Crippen LogP contribution in [0.25, 0.3) is 0 Å². The summed E-state index contributed by atoms with van der Waals surface area (Å²) in [5, 5.41) is 0. The molecule has 2 aliphatic heterocycles. The molecule has 0 radical (unpaired) electrons. The van der Waals surface area contributed by atoms with E-state index in [1.807, 2.05) is 36.7 Å². The maximum Gasteiger partial charge on any atom is 0.280 e. The Morgan fingerprint density at radius 1 is 1.27 bits per heavy atom. The van der Waals surface area contributed by atoms with Gasteiger partial charge in [0.05, 0.1) is 12.6 Å². The summed E-state index contributed by atoms with van der Waals surface area (Å²) in [4.78, 5) is 26.5. The number of aliphatic imine (C=N–C) groups is 1. The fourth-order valence-corrected chi connectivity index (χ4v) is 3.71. The van der Waals surface area contributed by atoms with Crippen molar-refractivity contribution in [2.45, 2.75) is 39.8 Å². The number of rotatable bonds is 4. The number of carbonyl (C=O) groups is 1. The van der Waals surface area contributed by atoms with Crippen molar-refractivity contribution in [3.8, 4) is 0 Å². The van der Waals surface area contributed by atoms with E-state index in [0.717, 1.165) is 36.1 Å². The summed E-state index contributed by atoms with van der Waals surface area (Å²) in [5.74, 6) is 2.79. The monoisotopic (exact) mass is 351 g/mol. The van der Waals surface area contributed by atoms with Crippen molar-refractivity contribution in [1.29, 1.82) is 0 Å². The molecule has 26 heavy (non-hydrogen) atoms. The van der Waals surface area contributed by atoms with Gasteiger partial charge in [-0.1, -0.05) is 50.6 Å². The minimum absolute atomic E-state index is 0.0312. The van der Waals surface area contributed by atoms with Crippen LogP contribution in [0.1, 0.15) is 42.1 Å². The number of hydrogen-bond acceptors (Lipinski definition) is 4. The van der Waals surface area contributed by atoms with E-state index in [9.17, 15) is 4.79 Å². The van der Waals surface area contributed by atoms with Gasteiger partial charge in [0.15, 0.2) is 11.5 Å². The normalized spacial score (nSPS) is 20.1. The number of anilines is 1. The van der Waals surface area contributed by atoms with E-state index in [-0.39, 0.29) is 11.9 Å². The molecule has 0 bridgehead atoms. The van der Waals surface area contributed by atoms with Gasteiger partial charge in [-0.05, 0) is 18.4 Å². The van der Waals surface area contributed by atoms with E-state index in [4.69, 9.17) is 9.98 Å². The largest absolute Gasteiger partial charge is 0.318 e. The fraction of sp³-hybridized carbons (Fsp3) is 0.450. The van der Waals surface area contributed by atoms with Crippen molar-refractivity contribution in [2.24, 2.45) is 10.9 Å². The Bertz CT molecular complexity index is 870. The molecule has 1 amide bonds. The van der Waals surface area contributed by atoms with Crippen LogP contribution in [0.5, 0.6) is 0 Å². The Kier molecular flexibility index (Phi) is 4.05. The van der Waals surface area contributed by atoms with Gasteiger partial charge in [-0.3, -0.25) is 14.6 Å². The first kappa shape index (κ1) is 16.8. The molecule has 0 saturated carbocycles. The number of guanidine groups is 1. The topological polar surface area (TPSA) is 53.7 Å². The Morgan fingerprint density at radius 2 is 2.00 bits per heavy atom. The fourth-order valence-electron chi connectivity index (χ4n) is 3.71. The third-order valence-electron chi connectivity index (χ3n) is 5.58. The predicted molar refractivity (Wildman–Crippen MR) is 103 cm³/mol. The zero-order valence-corrected chi connectivity index (χ0v) is 15.8. The Balaban J connectivity index is 1.75. The predicted octanol–water partition coefficient (Wildman–Crippen LogP) is 2.92. The van der Waals surface area contributed by atoms with Crippen LogP contribution in [0, 0.1) is 12.8 Å². The second-order valence-corrected chi connectivity index (χ2v) is 7.26. The molecule has 6 heteroatoms. The van der Waals surface area contributed by atoms with Crippen LogP contribution >= 0.6 is 0 Å². The van der Waals surface area contributed by atoms with Gasteiger partial charge in [0.2, 0.25) is 5.96 Å². The number of imidazole rings is 1. The molecule has 2 aliphatic rings. The molecule has 2 atom stereocenters. The van der Waals surface area contributed by atoms with Crippen molar-refractivity contribution in [3.63, 3.8) is 0 Å². The van der Waals surface area contributed by atoms with E-state index in [1.165, 1.54) is 0 Å². The molecule has 1 unspecified atom stereocenters. The van der Waals surface area contributed by atoms with Crippen LogP contribution in [-0.2, 0) is 6.54 Å². The quantitative estimate of drug-likeness (QED) is 0.851. The maximum absolute atomic E-state index is 13.1. The summed E-state index contributed by atoms with van der Waals surface area (Å²) < 4.78 is 2.02. The Labute approximate surface area is 154 Å². The molecule has 0 saturated heterocycles. The zero-order chi connectivity index (χ0) is 18.4. The van der Waals surface area contributed by atoms with Crippen LogP contribution in [-0.4, -0.2) is 46.0 Å². The summed E-state index contributed by atoms with van der Waals surface area (Å²) in [6.07, 6.45) is 1.07. The van der Waals surface area contributed by atoms with Crippen LogP contribution < -0.4 is 4.90 Å². The minimum Gasteiger partial charge on any atom is -0.318 e. The van der Waals surface area contributed by atoms with E-state index >= 15 is 0 Å². The highest BCUT2D eigenvalue weighted by Crippen LogP contribution is 2.33. The highest BCUT2D eigenvalue weighted by molar-refractivity contribution is 6.17. The van der Waals surface area contributed by atoms with Gasteiger partial charge < -0.3 is 4.57 Å². The summed E-state index contributed by atoms with van der Waals surface area (Å²) in [6, 6.07) is 10.4. The third-order valence-corrected chi connectivity index (χ3v) is 5.58. The van der Waals surface area contributed by atoms with Gasteiger partial charge >= 0.3 is 0 Å². The second kappa shape index (κ2) is 6.27. The summed E-state index contributed by atoms with van der Waals surface area (Å²) >= 11 is 0. The van der Waals surface area contributed by atoms with E-state index in [1.54, 1.807) is 4.90 Å². The van der Waals surface area contributed by atoms with Crippen molar-refractivity contribution in [1.82, 2.24) is 14.5 Å². The van der Waals surface area contributed by atoms with Crippen LogP contribution in [0.3, 0.4) is 0 Å². The van der Waals surface area contributed by atoms with Gasteiger partial charge in [0.1, 0.15) is 5.82 Å². The number of carbonyl (C=O) groups excluding carboxylic acids is 1. The van der Waals surface area contributed by atoms with Crippen molar-refractivity contribution >= 4 is 17.7 Å². The summed E-state index contributed by atoms with van der Waals surface area (Å²) in [5.41, 5.74) is 1.82. The summed E-state index contributed by atoms with van der Waals surface area (Å²) in [7, 11) is 1.81. The highest BCUT2D eigenvalue weighted by atomic mass is 16.2. The first-order valence-corrected chi connectivity index (χ1v) is 9.25. The molecule has 0 N–H and O–H groups in total. The molecule has 136 valence electrons. The van der Waals surface area contributed by atoms with E-state index in [2.05, 4.69) is 30.9 Å². The molecule has 0 aliphatic carbocycles. The summed E-state index contributed by atoms with van der Waals surface area (Å²) in [6.45, 7) is 7.80. The van der Waals surface area contributed by atoms with E-state index < -0.39 is 0 Å². The van der Waals surface area contributed by atoms with Gasteiger partial charge in [-0.25, -0.2) is 9.98 Å². The lowest BCUT2D eigenvalue weighted by atomic mass is 10.0. The molecule has 1 aromatic carbocycles. The van der Waals surface area contributed by atoms with Crippen LogP contribution in [0.15, 0.2) is 35.3 Å². The number of amides is 1. The number of aryl methyl sites for hydroxylation is 1. The molecule has 6 nitrogen and oxygen atoms in total. The first-order chi connectivity index (χ1) is 12.5. The number of hydrogen-bond donors (Lipinski definition) is 0. The van der Waals surface area contributed by atoms with Gasteiger partial charge in [0.25, 0.3) is 5.91 Å². The number of fused-ring (bicyclic) bond motifs is 3. The Hall–Kier alpha value is -2.63. The molecular weight excluding hydrogens is 326 g/mol. The molecule has 0 fully saturated rings.